The zero-order valence-corrected chi connectivity index (χ0v) is 49.8. The molecule has 1 aromatic rings. The molecule has 0 aromatic heterocycles. The second-order valence-corrected chi connectivity index (χ2v) is 23.6. The minimum absolute atomic E-state index is 0.00377. The molecule has 21 nitrogen and oxygen atoms in total. The number of oxime groups is 1. The Hall–Kier alpha value is -3.87. The molecule has 1 aromatic carbocycles. The Morgan fingerprint density at radius 3 is 2.10 bits per heavy atom. The van der Waals surface area contributed by atoms with Crippen LogP contribution in [0, 0.1) is 53.3 Å². The number of likely N-dealkylation sites (N-methyl/N-ethyl adjacent to an activating group) is 1. The Labute approximate surface area is 468 Å². The number of nitrogens with one attached hydrogen (secondary N) is 1. The van der Waals surface area contributed by atoms with Gasteiger partial charge >= 0.3 is 18.0 Å². The summed E-state index contributed by atoms with van der Waals surface area (Å²) in [5.41, 5.74) is -0.909. The van der Waals surface area contributed by atoms with Crippen molar-refractivity contribution in [2.45, 2.75) is 207 Å². The number of carbonyl (C=O) groups is 4. The number of hydrogen-bond acceptors (Lipinski definition) is 19. The molecule has 4 heterocycles. The van der Waals surface area contributed by atoms with E-state index in [1.54, 1.807) is 55.4 Å². The Morgan fingerprint density at radius 2 is 1.49 bits per heavy atom. The van der Waals surface area contributed by atoms with E-state index in [1.165, 1.54) is 28.3 Å². The summed E-state index contributed by atoms with van der Waals surface area (Å²) < 4.78 is 64.1. The number of carboxylic acids is 1. The molecular weight excluding hydrogens is 1030 g/mol. The topological polar surface area (TPSA) is 258 Å². The van der Waals surface area contributed by atoms with Crippen molar-refractivity contribution in [1.82, 2.24) is 10.2 Å². The zero-order valence-electron chi connectivity index (χ0n) is 49.8. The number of alkyl carbamates (subject to hydrolysis) is 1. The number of aliphatic hydroxyl groups is 2. The van der Waals surface area contributed by atoms with Gasteiger partial charge in [-0.1, -0.05) is 84.0 Å². The van der Waals surface area contributed by atoms with Crippen LogP contribution in [0.5, 0.6) is 0 Å². The number of carbonyl (C=O) groups excluding carboxylic acids is 3. The number of nitrogens with zero attached hydrogens (tertiary/aromatic N) is 2. The number of rotatable bonds is 17. The van der Waals surface area contributed by atoms with E-state index in [0.29, 0.717) is 13.0 Å². The second-order valence-electron chi connectivity index (χ2n) is 23.6. The number of carboxylic acid groups (broad SMARTS) is 1. The minimum Gasteiger partial charge on any atom is -0.481 e. The number of methoxy groups -OCH3 is 2. The molecule has 4 N–H and O–H groups in total. The van der Waals surface area contributed by atoms with Gasteiger partial charge in [-0.05, 0) is 84.2 Å². The molecule has 4 aliphatic rings. The number of amides is 1. The average Bonchev–Trinajstić information content (AvgIpc) is 3.53. The molecule has 0 bridgehead atoms. The summed E-state index contributed by atoms with van der Waals surface area (Å²) in [7, 11) is 6.28. The summed E-state index contributed by atoms with van der Waals surface area (Å²) in [6.45, 7) is 23.7. The van der Waals surface area contributed by atoms with E-state index in [-0.39, 0.29) is 43.9 Å². The molecule has 0 radical (unpaired) electrons. The maximum absolute atomic E-state index is 16.0. The monoisotopic (exact) mass is 1120 g/mol. The highest BCUT2D eigenvalue weighted by atomic mass is 16.7. The van der Waals surface area contributed by atoms with Crippen molar-refractivity contribution in [2.75, 3.05) is 41.5 Å². The fourth-order valence-corrected chi connectivity index (χ4v) is 12.6. The molecule has 450 valence electrons. The van der Waals surface area contributed by atoms with Crippen LogP contribution >= 0.6 is 0 Å². The lowest BCUT2D eigenvalue weighted by Crippen LogP contribution is -2.59. The van der Waals surface area contributed by atoms with Crippen molar-refractivity contribution in [1.29, 1.82) is 0 Å². The first-order chi connectivity index (χ1) is 37.2. The Bertz CT molecular complexity index is 2140. The smallest absolute Gasteiger partial charge is 0.408 e. The van der Waals surface area contributed by atoms with Gasteiger partial charge in [0.05, 0.1) is 54.7 Å². The minimum atomic E-state index is -1.97. The van der Waals surface area contributed by atoms with E-state index in [4.69, 9.17) is 52.2 Å². The number of esters is 1. The van der Waals surface area contributed by atoms with Crippen molar-refractivity contribution < 1.29 is 86.7 Å². The van der Waals surface area contributed by atoms with Crippen molar-refractivity contribution in [3.63, 3.8) is 0 Å². The van der Waals surface area contributed by atoms with Crippen LogP contribution in [-0.2, 0) is 73.1 Å². The van der Waals surface area contributed by atoms with E-state index in [2.05, 4.69) is 22.3 Å². The fraction of sp³-hybridized carbons (Fsp3) is 0.810. The zero-order chi connectivity index (χ0) is 58.8. The number of cyclic esters (lactones) is 1. The molecule has 2 unspecified atom stereocenters. The average molecular weight is 1120 g/mol. The van der Waals surface area contributed by atoms with Crippen molar-refractivity contribution in [3.05, 3.63) is 35.9 Å². The molecule has 1 amide bonds. The molecule has 4 fully saturated rings. The van der Waals surface area contributed by atoms with Gasteiger partial charge in [-0.25, -0.2) is 4.79 Å². The maximum Gasteiger partial charge on any atom is 0.408 e. The number of hydrogen-bond donors (Lipinski definition) is 4. The third kappa shape index (κ3) is 16.4. The van der Waals surface area contributed by atoms with Gasteiger partial charge in [0.15, 0.2) is 30.3 Å². The number of aliphatic carboxylic acids is 1. The Balaban J connectivity index is 1.73. The first kappa shape index (κ1) is 65.9. The molecule has 0 saturated carbocycles. The van der Waals surface area contributed by atoms with E-state index < -0.39 is 156 Å². The van der Waals surface area contributed by atoms with E-state index >= 15 is 9.59 Å². The van der Waals surface area contributed by atoms with Gasteiger partial charge in [0.2, 0.25) is 0 Å². The van der Waals surface area contributed by atoms with Crippen LogP contribution in [0.3, 0.4) is 0 Å². The van der Waals surface area contributed by atoms with Gasteiger partial charge < -0.3 is 77.7 Å². The van der Waals surface area contributed by atoms with Crippen molar-refractivity contribution >= 4 is 29.5 Å². The predicted octanol–water partition coefficient (Wildman–Crippen LogP) is 6.22. The summed E-state index contributed by atoms with van der Waals surface area (Å²) in [5.74, 6) is -10.6. The quantitative estimate of drug-likeness (QED) is 0.0997. The molecule has 21 heteroatoms. The van der Waals surface area contributed by atoms with Crippen LogP contribution in [0.15, 0.2) is 35.5 Å². The Morgan fingerprint density at radius 1 is 0.835 bits per heavy atom. The van der Waals surface area contributed by atoms with Gasteiger partial charge in [0, 0.05) is 63.9 Å². The first-order valence-corrected chi connectivity index (χ1v) is 28.3. The molecular formula is C58H95N3O18. The summed E-state index contributed by atoms with van der Waals surface area (Å²) in [6, 6.07) is 9.20. The highest BCUT2D eigenvalue weighted by molar-refractivity contribution is 5.92. The molecule has 0 aliphatic carbocycles. The summed E-state index contributed by atoms with van der Waals surface area (Å²) in [4.78, 5) is 66.7. The van der Waals surface area contributed by atoms with Gasteiger partial charge in [-0.3, -0.25) is 14.4 Å². The molecule has 4 aliphatic heterocycles. The summed E-state index contributed by atoms with van der Waals surface area (Å²) >= 11 is 0. The highest BCUT2D eigenvalue weighted by Crippen LogP contribution is 2.44. The summed E-state index contributed by atoms with van der Waals surface area (Å²) in [5, 5.41) is 40.9. The molecule has 5 rings (SSSR count). The number of benzene rings is 1. The second kappa shape index (κ2) is 29.4. The fourth-order valence-electron chi connectivity index (χ4n) is 12.6. The van der Waals surface area contributed by atoms with Crippen LogP contribution in [0.4, 0.5) is 4.79 Å². The Kier molecular flexibility index (Phi) is 24.5. The predicted molar refractivity (Wildman–Crippen MR) is 290 cm³/mol. The lowest BCUT2D eigenvalue weighted by Gasteiger charge is -2.46. The molecule has 79 heavy (non-hydrogen) atoms. The van der Waals surface area contributed by atoms with Crippen LogP contribution in [0.2, 0.25) is 0 Å². The lowest BCUT2D eigenvalue weighted by molar-refractivity contribution is -0.305. The van der Waals surface area contributed by atoms with E-state index in [1.807, 2.05) is 58.2 Å². The van der Waals surface area contributed by atoms with E-state index in [9.17, 15) is 24.9 Å². The first-order valence-electron chi connectivity index (χ1n) is 28.3. The number of ether oxygens (including phenoxy) is 10. The van der Waals surface area contributed by atoms with Crippen molar-refractivity contribution in [2.24, 2.45) is 58.4 Å². The van der Waals surface area contributed by atoms with E-state index in [0.717, 1.165) is 5.56 Å². The largest absolute Gasteiger partial charge is 0.481 e. The molecule has 0 spiro atoms. The van der Waals surface area contributed by atoms with Gasteiger partial charge in [-0.15, -0.1) is 0 Å². The maximum atomic E-state index is 16.0. The van der Waals surface area contributed by atoms with Crippen LogP contribution < -0.4 is 5.32 Å². The third-order valence-corrected chi connectivity index (χ3v) is 17.0. The SMILES string of the molecule is CON=C1C[C@@H](C)O[C@@H](O[C@@H]2[C@@H](C)[C@H](O[C@H]3C[C@H](C)N(C)C[C@H](C)O3)[C@@H](C)C(=O)OC(C(C)CO[C@@H]3O[C@H](C)[C@@H](O)[C@@H](OC)[C@H]3OC)[C@@H](C)[C@@H]([C@H](C(=O)O)C(C)C)[C@@H](C)C(=O)[C@@](C)(OC(=O)NCc3ccccc3)C[C@@H]2C)[C@@H]1O. The number of aliphatic hydroxyl groups excluding tert-OH is 2. The van der Waals surface area contributed by atoms with Crippen LogP contribution in [0.1, 0.15) is 115 Å². The van der Waals surface area contributed by atoms with Gasteiger partial charge in [0.25, 0.3) is 0 Å². The molecule has 23 atom stereocenters. The van der Waals surface area contributed by atoms with Crippen LogP contribution in [0.25, 0.3) is 0 Å². The number of Topliss-reactive ketones (excluding diaryl/α,β-unsaturated/α-hetero) is 1. The third-order valence-electron chi connectivity index (χ3n) is 17.0. The normalized spacial score (nSPS) is 39.9. The number of ketones is 1. The van der Waals surface area contributed by atoms with Gasteiger partial charge in [-0.2, -0.15) is 0 Å². The standard InChI is InChI=1S/C58H95N3O18/c1-29(2)43(53(65)66)44-35(8)48(31(4)28-72-56-51(70-16)50(69-15)45(62)39(12)75-56)77-54(67)38(11)49(76-42-23-32(5)61(14)27-34(7)73-42)37(10)47(78-55-46(63)41(60-71-17)24-33(6)74-55)30(3)25-58(13,52(64)36(44)9)79-57(68)59-26-40-21-19-18-20-22-40/h18-22,29-39,42-51,55-56,62-63H,23-28H2,1-17H3,(H,59,68)(H,65,66)/t30-,31?,32-,33+,34-,35-,36+,37+,38+,39+,42-,43+,44+,45+,46+,47-,48?,49-,50+,51+,55-,56+,58-/m0/s1. The van der Waals surface area contributed by atoms with Crippen molar-refractivity contribution in [3.8, 4) is 0 Å². The molecule has 4 saturated heterocycles. The lowest BCUT2D eigenvalue weighted by atomic mass is 9.64. The summed E-state index contributed by atoms with van der Waals surface area (Å²) in [6.07, 6.45) is -12.4. The highest BCUT2D eigenvalue weighted by Gasteiger charge is 2.54. The van der Waals surface area contributed by atoms with Crippen LogP contribution in [-0.4, -0.2) is 183 Å². The van der Waals surface area contributed by atoms with Gasteiger partial charge in [0.1, 0.15) is 37.6 Å².